The van der Waals surface area contributed by atoms with Crippen LogP contribution in [-0.4, -0.2) is 18.2 Å². The van der Waals surface area contributed by atoms with E-state index in [4.69, 9.17) is 14.3 Å². The second-order valence-electron chi connectivity index (χ2n) is 4.20. The number of benzene rings is 1. The maximum Gasteiger partial charge on any atom is 0.371 e. The fraction of sp³-hybridized carbons (Fsp3) is 0.214. The van der Waals surface area contributed by atoms with Crippen LogP contribution in [0, 0.1) is 6.92 Å². The highest BCUT2D eigenvalue weighted by Crippen LogP contribution is 2.28. The van der Waals surface area contributed by atoms with Crippen LogP contribution in [0.1, 0.15) is 21.9 Å². The van der Waals surface area contributed by atoms with Crippen molar-refractivity contribution in [3.8, 4) is 5.75 Å². The summed E-state index contributed by atoms with van der Waals surface area (Å²) >= 11 is 3.44. The number of ether oxygens (including phenoxy) is 1. The molecular weight excluding hydrogens is 326 g/mol. The smallest absolute Gasteiger partial charge is 0.371 e. The molecule has 106 valence electrons. The Morgan fingerprint density at radius 1 is 1.45 bits per heavy atom. The number of aromatic carboxylic acids is 1. The fourth-order valence-corrected chi connectivity index (χ4v) is 2.14. The van der Waals surface area contributed by atoms with Crippen molar-refractivity contribution in [1.29, 1.82) is 0 Å². The van der Waals surface area contributed by atoms with E-state index < -0.39 is 5.97 Å². The highest BCUT2D eigenvalue weighted by atomic mass is 79.9. The van der Waals surface area contributed by atoms with Gasteiger partial charge < -0.3 is 19.6 Å². The summed E-state index contributed by atoms with van der Waals surface area (Å²) in [4.78, 5) is 10.8. The quantitative estimate of drug-likeness (QED) is 0.869. The topological polar surface area (TPSA) is 71.7 Å². The minimum absolute atomic E-state index is 0.0518. The number of hydrogen-bond donors (Lipinski definition) is 2. The van der Waals surface area contributed by atoms with Gasteiger partial charge in [-0.1, -0.05) is 0 Å². The van der Waals surface area contributed by atoms with Gasteiger partial charge in [-0.15, -0.1) is 0 Å². The average Bonchev–Trinajstić information content (AvgIpc) is 2.79. The Morgan fingerprint density at radius 3 is 2.80 bits per heavy atom. The van der Waals surface area contributed by atoms with E-state index in [-0.39, 0.29) is 5.76 Å². The lowest BCUT2D eigenvalue weighted by molar-refractivity contribution is 0.0661. The summed E-state index contributed by atoms with van der Waals surface area (Å²) in [6.45, 7) is 2.21. The molecular formula is C14H14BrNO4. The number of aryl methyl sites for hydroxylation is 1. The molecule has 1 heterocycles. The van der Waals surface area contributed by atoms with Gasteiger partial charge >= 0.3 is 5.97 Å². The largest absolute Gasteiger partial charge is 0.497 e. The van der Waals surface area contributed by atoms with Gasteiger partial charge in [-0.3, -0.25) is 0 Å². The molecule has 0 atom stereocenters. The normalized spacial score (nSPS) is 10.3. The molecule has 0 amide bonds. The molecule has 2 aromatic rings. The van der Waals surface area contributed by atoms with Gasteiger partial charge in [0, 0.05) is 22.6 Å². The highest BCUT2D eigenvalue weighted by molar-refractivity contribution is 9.10. The first kappa shape index (κ1) is 14.5. The Kier molecular flexibility index (Phi) is 4.34. The molecule has 0 radical (unpaired) electrons. The molecule has 5 nitrogen and oxygen atoms in total. The Hall–Kier alpha value is -1.95. The van der Waals surface area contributed by atoms with E-state index in [9.17, 15) is 4.79 Å². The zero-order valence-corrected chi connectivity index (χ0v) is 12.7. The number of carboxylic acid groups (broad SMARTS) is 1. The van der Waals surface area contributed by atoms with E-state index in [0.29, 0.717) is 12.3 Å². The van der Waals surface area contributed by atoms with Crippen molar-refractivity contribution < 1.29 is 19.1 Å². The SMILES string of the molecule is COc1ccc(Br)c(NCc2cc(C(=O)O)oc2C)c1. The molecule has 0 saturated carbocycles. The standard InChI is InChI=1S/C14H14BrNO4/c1-8-9(5-13(20-8)14(17)18)7-16-12-6-10(19-2)3-4-11(12)15/h3-6,16H,7H2,1-2H3,(H,17,18). The Labute approximate surface area is 124 Å². The van der Waals surface area contributed by atoms with Crippen LogP contribution >= 0.6 is 15.9 Å². The Bertz CT molecular complexity index is 636. The highest BCUT2D eigenvalue weighted by Gasteiger charge is 2.13. The van der Waals surface area contributed by atoms with Crippen molar-refractivity contribution in [1.82, 2.24) is 0 Å². The second kappa shape index (κ2) is 6.00. The van der Waals surface area contributed by atoms with Crippen LogP contribution in [0.3, 0.4) is 0 Å². The summed E-state index contributed by atoms with van der Waals surface area (Å²) in [6, 6.07) is 7.11. The summed E-state index contributed by atoms with van der Waals surface area (Å²) < 4.78 is 11.2. The lowest BCUT2D eigenvalue weighted by atomic mass is 10.2. The number of nitrogens with one attached hydrogen (secondary N) is 1. The van der Waals surface area contributed by atoms with Crippen molar-refractivity contribution in [2.75, 3.05) is 12.4 Å². The number of furan rings is 1. The van der Waals surface area contributed by atoms with Crippen molar-refractivity contribution in [2.45, 2.75) is 13.5 Å². The van der Waals surface area contributed by atoms with Gasteiger partial charge in [0.05, 0.1) is 12.8 Å². The number of rotatable bonds is 5. The molecule has 2 N–H and O–H groups in total. The molecule has 0 unspecified atom stereocenters. The summed E-state index contributed by atoms with van der Waals surface area (Å²) in [5, 5.41) is 12.1. The number of carboxylic acids is 1. The van der Waals surface area contributed by atoms with Crippen LogP contribution in [0.25, 0.3) is 0 Å². The Balaban J connectivity index is 2.14. The third-order valence-electron chi connectivity index (χ3n) is 2.87. The van der Waals surface area contributed by atoms with E-state index in [0.717, 1.165) is 21.5 Å². The van der Waals surface area contributed by atoms with Crippen LogP contribution in [0.15, 0.2) is 33.2 Å². The van der Waals surface area contributed by atoms with Crippen LogP contribution < -0.4 is 10.1 Å². The Morgan fingerprint density at radius 2 is 2.20 bits per heavy atom. The van der Waals surface area contributed by atoms with Crippen molar-refractivity contribution in [3.63, 3.8) is 0 Å². The summed E-state index contributed by atoms with van der Waals surface area (Å²) in [7, 11) is 1.60. The second-order valence-corrected chi connectivity index (χ2v) is 5.05. The van der Waals surface area contributed by atoms with E-state index in [2.05, 4.69) is 21.2 Å². The van der Waals surface area contributed by atoms with E-state index >= 15 is 0 Å². The molecule has 0 fully saturated rings. The van der Waals surface area contributed by atoms with E-state index in [1.54, 1.807) is 14.0 Å². The average molecular weight is 340 g/mol. The number of methoxy groups -OCH3 is 1. The molecule has 1 aromatic carbocycles. The van der Waals surface area contributed by atoms with Crippen LogP contribution in [-0.2, 0) is 6.54 Å². The molecule has 0 aliphatic carbocycles. The first-order chi connectivity index (χ1) is 9.51. The molecule has 6 heteroatoms. The first-order valence-electron chi connectivity index (χ1n) is 5.91. The monoisotopic (exact) mass is 339 g/mol. The van der Waals surface area contributed by atoms with E-state index in [1.807, 2.05) is 18.2 Å². The molecule has 1 aromatic heterocycles. The lowest BCUT2D eigenvalue weighted by Crippen LogP contribution is -2.01. The first-order valence-corrected chi connectivity index (χ1v) is 6.70. The molecule has 2 rings (SSSR count). The van der Waals surface area contributed by atoms with Crippen molar-refractivity contribution in [2.24, 2.45) is 0 Å². The summed E-state index contributed by atoms with van der Waals surface area (Å²) in [5.41, 5.74) is 1.67. The minimum atomic E-state index is -1.07. The molecule has 0 spiro atoms. The van der Waals surface area contributed by atoms with E-state index in [1.165, 1.54) is 6.07 Å². The maximum atomic E-state index is 10.8. The molecule has 0 bridgehead atoms. The summed E-state index contributed by atoms with van der Waals surface area (Å²) in [6.07, 6.45) is 0. The zero-order valence-electron chi connectivity index (χ0n) is 11.1. The molecule has 0 saturated heterocycles. The fourth-order valence-electron chi connectivity index (χ4n) is 1.76. The minimum Gasteiger partial charge on any atom is -0.497 e. The van der Waals surface area contributed by atoms with Gasteiger partial charge in [0.25, 0.3) is 0 Å². The van der Waals surface area contributed by atoms with Crippen molar-refractivity contribution >= 4 is 27.6 Å². The summed E-state index contributed by atoms with van der Waals surface area (Å²) in [5.74, 6) is 0.214. The number of carbonyl (C=O) groups is 1. The van der Waals surface area contributed by atoms with Crippen LogP contribution in [0.4, 0.5) is 5.69 Å². The van der Waals surface area contributed by atoms with Gasteiger partial charge in [-0.05, 0) is 41.1 Å². The van der Waals surface area contributed by atoms with Gasteiger partial charge in [0.15, 0.2) is 0 Å². The molecule has 0 aliphatic heterocycles. The number of hydrogen-bond acceptors (Lipinski definition) is 4. The number of anilines is 1. The lowest BCUT2D eigenvalue weighted by Gasteiger charge is -2.09. The predicted octanol–water partition coefficient (Wildman–Crippen LogP) is 3.67. The zero-order chi connectivity index (χ0) is 14.7. The third-order valence-corrected chi connectivity index (χ3v) is 3.57. The molecule has 20 heavy (non-hydrogen) atoms. The van der Waals surface area contributed by atoms with Gasteiger partial charge in [-0.25, -0.2) is 4.79 Å². The van der Waals surface area contributed by atoms with Gasteiger partial charge in [0.2, 0.25) is 5.76 Å². The number of halogens is 1. The maximum absolute atomic E-state index is 10.8. The van der Waals surface area contributed by atoms with Crippen molar-refractivity contribution in [3.05, 3.63) is 45.8 Å². The van der Waals surface area contributed by atoms with Gasteiger partial charge in [0.1, 0.15) is 11.5 Å². The predicted molar refractivity (Wildman–Crippen MR) is 78.4 cm³/mol. The molecule has 0 aliphatic rings. The van der Waals surface area contributed by atoms with Crippen LogP contribution in [0.5, 0.6) is 5.75 Å². The van der Waals surface area contributed by atoms with Crippen LogP contribution in [0.2, 0.25) is 0 Å². The van der Waals surface area contributed by atoms with Gasteiger partial charge in [-0.2, -0.15) is 0 Å². The third kappa shape index (κ3) is 3.14.